The first kappa shape index (κ1) is 16.7. The van der Waals surface area contributed by atoms with E-state index in [4.69, 9.17) is 10.2 Å². The maximum absolute atomic E-state index is 11.3. The van der Waals surface area contributed by atoms with E-state index in [0.717, 1.165) is 25.7 Å². The van der Waals surface area contributed by atoms with Gasteiger partial charge in [-0.05, 0) is 12.3 Å². The zero-order valence-corrected chi connectivity index (χ0v) is 11.1. The van der Waals surface area contributed by atoms with Crippen molar-refractivity contribution in [1.29, 1.82) is 0 Å². The van der Waals surface area contributed by atoms with E-state index in [1.165, 1.54) is 0 Å². The van der Waals surface area contributed by atoms with Crippen molar-refractivity contribution in [3.05, 3.63) is 0 Å². The fourth-order valence-corrected chi connectivity index (χ4v) is 1.52. The van der Waals surface area contributed by atoms with E-state index in [1.807, 2.05) is 0 Å². The van der Waals surface area contributed by atoms with Crippen LogP contribution in [-0.4, -0.2) is 41.4 Å². The normalized spacial score (nSPS) is 13.7. The van der Waals surface area contributed by atoms with Gasteiger partial charge in [0.25, 0.3) is 0 Å². The van der Waals surface area contributed by atoms with E-state index in [9.17, 15) is 9.59 Å². The third-order valence-corrected chi connectivity index (χ3v) is 2.84. The van der Waals surface area contributed by atoms with E-state index in [-0.39, 0.29) is 6.54 Å². The lowest BCUT2D eigenvalue weighted by atomic mass is 9.99. The van der Waals surface area contributed by atoms with Crippen LogP contribution < -0.4 is 10.6 Å². The molecule has 0 rings (SSSR count). The highest BCUT2D eigenvalue weighted by molar-refractivity contribution is 5.76. The van der Waals surface area contributed by atoms with Crippen molar-refractivity contribution in [3.63, 3.8) is 0 Å². The van der Waals surface area contributed by atoms with E-state index < -0.39 is 18.1 Å². The second-order valence-corrected chi connectivity index (χ2v) is 4.36. The molecular weight excluding hydrogens is 236 g/mol. The number of hydrogen-bond donors (Lipinski definition) is 4. The molecule has 0 fully saturated rings. The Kier molecular flexibility index (Phi) is 9.00. The molecular formula is C12H24N2O4. The molecule has 0 saturated heterocycles. The van der Waals surface area contributed by atoms with Crippen LogP contribution in [0.2, 0.25) is 0 Å². The van der Waals surface area contributed by atoms with Crippen molar-refractivity contribution in [1.82, 2.24) is 10.6 Å². The highest BCUT2D eigenvalue weighted by Crippen LogP contribution is 2.10. The van der Waals surface area contributed by atoms with Gasteiger partial charge >= 0.3 is 12.0 Å². The number of carbonyl (C=O) groups excluding carboxylic acids is 1. The van der Waals surface area contributed by atoms with Crippen molar-refractivity contribution >= 4 is 12.0 Å². The number of unbranched alkanes of at least 4 members (excludes halogenated alkanes) is 1. The number of carboxylic acid groups (broad SMARTS) is 1. The smallest absolute Gasteiger partial charge is 0.334 e. The van der Waals surface area contributed by atoms with Crippen molar-refractivity contribution < 1.29 is 19.8 Å². The molecule has 1 unspecified atom stereocenters. The molecule has 0 aromatic rings. The number of aliphatic carboxylic acids is 1. The largest absolute Gasteiger partial charge is 0.479 e. The predicted molar refractivity (Wildman–Crippen MR) is 68.4 cm³/mol. The van der Waals surface area contributed by atoms with Crippen LogP contribution in [0.25, 0.3) is 0 Å². The zero-order valence-electron chi connectivity index (χ0n) is 11.1. The van der Waals surface area contributed by atoms with Crippen LogP contribution in [-0.2, 0) is 4.79 Å². The lowest BCUT2D eigenvalue weighted by molar-refractivity contribution is -0.146. The Morgan fingerprint density at radius 2 is 1.78 bits per heavy atom. The van der Waals surface area contributed by atoms with Gasteiger partial charge in [0.1, 0.15) is 0 Å². The number of urea groups is 1. The molecule has 106 valence electrons. The number of nitrogens with one attached hydrogen (secondary N) is 2. The summed E-state index contributed by atoms with van der Waals surface area (Å²) in [6.45, 7) is 4.49. The molecule has 0 bridgehead atoms. The Morgan fingerprint density at radius 1 is 1.17 bits per heavy atom. The summed E-state index contributed by atoms with van der Waals surface area (Å²) in [5, 5.41) is 22.4. The quantitative estimate of drug-likeness (QED) is 0.496. The van der Waals surface area contributed by atoms with Gasteiger partial charge in [-0.1, -0.05) is 33.1 Å². The summed E-state index contributed by atoms with van der Waals surface area (Å²) in [7, 11) is 0. The molecule has 0 aliphatic carbocycles. The second kappa shape index (κ2) is 9.70. The minimum atomic E-state index is -1.56. The van der Waals surface area contributed by atoms with Crippen LogP contribution in [0.1, 0.15) is 39.5 Å². The Balaban J connectivity index is 3.77. The minimum Gasteiger partial charge on any atom is -0.479 e. The Morgan fingerprint density at radius 3 is 2.28 bits per heavy atom. The van der Waals surface area contributed by atoms with E-state index in [2.05, 4.69) is 24.5 Å². The van der Waals surface area contributed by atoms with Crippen LogP contribution >= 0.6 is 0 Å². The van der Waals surface area contributed by atoms with Gasteiger partial charge < -0.3 is 20.8 Å². The van der Waals surface area contributed by atoms with Crippen LogP contribution in [0.5, 0.6) is 0 Å². The van der Waals surface area contributed by atoms with Crippen molar-refractivity contribution in [3.8, 4) is 0 Å². The third kappa shape index (κ3) is 7.89. The fourth-order valence-electron chi connectivity index (χ4n) is 1.52. The third-order valence-electron chi connectivity index (χ3n) is 2.84. The summed E-state index contributed by atoms with van der Waals surface area (Å²) >= 11 is 0. The molecule has 2 amide bonds. The molecule has 0 aromatic carbocycles. The standard InChI is InChI=1S/C12H24N2O4/c1-3-5-6-9(4-2)7-13-12(18)14-8-10(15)11(16)17/h9-10,15H,3-8H2,1-2H3,(H,16,17)(H2,13,14,18)/t9?,10-/m0/s1. The molecule has 0 spiro atoms. The highest BCUT2D eigenvalue weighted by atomic mass is 16.4. The van der Waals surface area contributed by atoms with Gasteiger partial charge in [0.05, 0.1) is 6.54 Å². The fraction of sp³-hybridized carbons (Fsp3) is 0.833. The minimum absolute atomic E-state index is 0.285. The number of aliphatic hydroxyl groups is 1. The molecule has 6 nitrogen and oxygen atoms in total. The van der Waals surface area contributed by atoms with Gasteiger partial charge in [-0.2, -0.15) is 0 Å². The average Bonchev–Trinajstić information content (AvgIpc) is 2.35. The van der Waals surface area contributed by atoms with Crippen molar-refractivity contribution in [2.75, 3.05) is 13.1 Å². The molecule has 0 aromatic heterocycles. The van der Waals surface area contributed by atoms with E-state index >= 15 is 0 Å². The van der Waals surface area contributed by atoms with Gasteiger partial charge in [-0.15, -0.1) is 0 Å². The Labute approximate surface area is 108 Å². The first-order valence-electron chi connectivity index (χ1n) is 6.43. The number of rotatable bonds is 9. The SMILES string of the molecule is CCCCC(CC)CNC(=O)NC[C@H](O)C(=O)O. The highest BCUT2D eigenvalue weighted by Gasteiger charge is 2.14. The molecule has 0 saturated carbocycles. The maximum atomic E-state index is 11.3. The molecule has 2 atom stereocenters. The van der Waals surface area contributed by atoms with E-state index in [1.54, 1.807) is 0 Å². The van der Waals surface area contributed by atoms with Crippen LogP contribution in [0, 0.1) is 5.92 Å². The Hall–Kier alpha value is -1.30. The van der Waals surface area contributed by atoms with Gasteiger partial charge in [0.15, 0.2) is 6.10 Å². The lowest BCUT2D eigenvalue weighted by Gasteiger charge is -2.16. The number of carboxylic acids is 1. The topological polar surface area (TPSA) is 98.7 Å². The van der Waals surface area contributed by atoms with Crippen molar-refractivity contribution in [2.24, 2.45) is 5.92 Å². The zero-order chi connectivity index (χ0) is 14.0. The van der Waals surface area contributed by atoms with Crippen LogP contribution in [0.4, 0.5) is 4.79 Å². The number of hydrogen-bond acceptors (Lipinski definition) is 3. The predicted octanol–water partition coefficient (Wildman–Crippen LogP) is 0.948. The Bertz CT molecular complexity index is 258. The van der Waals surface area contributed by atoms with Gasteiger partial charge in [0, 0.05) is 6.54 Å². The van der Waals surface area contributed by atoms with Gasteiger partial charge in [0.2, 0.25) is 0 Å². The molecule has 0 aliphatic rings. The molecule has 0 heterocycles. The maximum Gasteiger partial charge on any atom is 0.334 e. The van der Waals surface area contributed by atoms with Gasteiger partial charge in [-0.25, -0.2) is 9.59 Å². The number of carbonyl (C=O) groups is 2. The summed E-state index contributed by atoms with van der Waals surface area (Å²) in [4.78, 5) is 21.7. The monoisotopic (exact) mass is 260 g/mol. The van der Waals surface area contributed by atoms with Crippen molar-refractivity contribution in [2.45, 2.75) is 45.6 Å². The second-order valence-electron chi connectivity index (χ2n) is 4.36. The van der Waals surface area contributed by atoms with Crippen LogP contribution in [0.3, 0.4) is 0 Å². The molecule has 4 N–H and O–H groups in total. The summed E-state index contributed by atoms with van der Waals surface area (Å²) in [6.07, 6.45) is 2.79. The lowest BCUT2D eigenvalue weighted by Crippen LogP contribution is -2.43. The molecule has 6 heteroatoms. The van der Waals surface area contributed by atoms with Gasteiger partial charge in [-0.3, -0.25) is 0 Å². The molecule has 0 radical (unpaired) electrons. The first-order chi connectivity index (χ1) is 8.51. The number of aliphatic hydroxyl groups excluding tert-OH is 1. The molecule has 18 heavy (non-hydrogen) atoms. The molecule has 0 aliphatic heterocycles. The number of amides is 2. The average molecular weight is 260 g/mol. The van der Waals surface area contributed by atoms with Crippen LogP contribution in [0.15, 0.2) is 0 Å². The summed E-state index contributed by atoms with van der Waals surface area (Å²) in [5.41, 5.74) is 0. The summed E-state index contributed by atoms with van der Waals surface area (Å²) in [5.74, 6) is -0.898. The summed E-state index contributed by atoms with van der Waals surface area (Å²) in [6, 6.07) is -0.440. The summed E-state index contributed by atoms with van der Waals surface area (Å²) < 4.78 is 0. The van der Waals surface area contributed by atoms with E-state index in [0.29, 0.717) is 12.5 Å². The first-order valence-corrected chi connectivity index (χ1v) is 6.43.